The van der Waals surface area contributed by atoms with Crippen molar-refractivity contribution in [2.24, 2.45) is 5.92 Å². The van der Waals surface area contributed by atoms with Crippen LogP contribution >= 0.6 is 0 Å². The molecular weight excluding hydrogens is 236 g/mol. The van der Waals surface area contributed by atoms with Gasteiger partial charge in [0.15, 0.2) is 0 Å². The number of hydrogen-bond donors (Lipinski definition) is 1. The quantitative estimate of drug-likeness (QED) is 0.838. The lowest BCUT2D eigenvalue weighted by Gasteiger charge is -2.32. The highest BCUT2D eigenvalue weighted by Gasteiger charge is 2.29. The van der Waals surface area contributed by atoms with Gasteiger partial charge in [-0.15, -0.1) is 0 Å². The van der Waals surface area contributed by atoms with Crippen LogP contribution in [-0.4, -0.2) is 17.8 Å². The monoisotopic (exact) mass is 262 g/mol. The molecule has 2 unspecified atom stereocenters. The Kier molecular flexibility index (Phi) is 5.00. The fraction of sp³-hybridized carbons (Fsp3) is 0.647. The lowest BCUT2D eigenvalue weighted by molar-refractivity contribution is -0.0590. The van der Waals surface area contributed by atoms with Crippen molar-refractivity contribution < 1.29 is 9.84 Å². The Morgan fingerprint density at radius 1 is 1.26 bits per heavy atom. The first-order chi connectivity index (χ1) is 9.15. The van der Waals surface area contributed by atoms with Crippen LogP contribution < -0.4 is 0 Å². The van der Waals surface area contributed by atoms with Crippen LogP contribution in [0.25, 0.3) is 0 Å². The zero-order chi connectivity index (χ0) is 13.8. The van der Waals surface area contributed by atoms with Crippen LogP contribution in [0.1, 0.15) is 63.2 Å². The molecule has 1 aliphatic carbocycles. The number of hydrogen-bond acceptors (Lipinski definition) is 2. The van der Waals surface area contributed by atoms with Gasteiger partial charge in [-0.25, -0.2) is 0 Å². The third-order valence-electron chi connectivity index (χ3n) is 4.19. The number of rotatable bonds is 6. The topological polar surface area (TPSA) is 29.5 Å². The molecule has 1 aliphatic rings. The molecule has 0 heterocycles. The molecule has 0 radical (unpaired) electrons. The Morgan fingerprint density at radius 3 is 2.47 bits per heavy atom. The highest BCUT2D eigenvalue weighted by molar-refractivity contribution is 5.34. The molecule has 0 bridgehead atoms. The van der Waals surface area contributed by atoms with Crippen LogP contribution in [0.3, 0.4) is 0 Å². The zero-order valence-electron chi connectivity index (χ0n) is 12.3. The molecule has 2 rings (SSSR count). The van der Waals surface area contributed by atoms with Crippen molar-refractivity contribution in [3.8, 4) is 0 Å². The molecule has 2 heteroatoms. The fourth-order valence-electron chi connectivity index (χ4n) is 2.89. The minimum absolute atomic E-state index is 0.119. The lowest BCUT2D eigenvalue weighted by atomic mass is 9.76. The van der Waals surface area contributed by atoms with Crippen LogP contribution in [0.5, 0.6) is 0 Å². The molecule has 1 N–H and O–H groups in total. The minimum atomic E-state index is -0.517. The maximum absolute atomic E-state index is 10.7. The van der Waals surface area contributed by atoms with Crippen LogP contribution in [0.4, 0.5) is 0 Å². The molecule has 0 aromatic heterocycles. The van der Waals surface area contributed by atoms with Crippen LogP contribution in [0.2, 0.25) is 0 Å². The van der Waals surface area contributed by atoms with Crippen molar-refractivity contribution in [2.45, 2.75) is 58.2 Å². The lowest BCUT2D eigenvalue weighted by Crippen LogP contribution is -2.29. The predicted octanol–water partition coefficient (Wildman–Crippen LogP) is 4.05. The SMILES string of the molecule is CCOC(C(C)C)C(O)c1ccccc1C1CCC1. The molecule has 1 aromatic carbocycles. The van der Waals surface area contributed by atoms with E-state index < -0.39 is 6.10 Å². The molecule has 1 aromatic rings. The van der Waals surface area contributed by atoms with Gasteiger partial charge >= 0.3 is 0 Å². The molecule has 0 aliphatic heterocycles. The van der Waals surface area contributed by atoms with E-state index in [4.69, 9.17) is 4.74 Å². The maximum Gasteiger partial charge on any atom is 0.106 e. The second kappa shape index (κ2) is 6.53. The average molecular weight is 262 g/mol. The van der Waals surface area contributed by atoms with Crippen molar-refractivity contribution in [1.29, 1.82) is 0 Å². The molecule has 1 fully saturated rings. The van der Waals surface area contributed by atoms with Gasteiger partial charge < -0.3 is 9.84 Å². The Balaban J connectivity index is 2.23. The third-order valence-corrected chi connectivity index (χ3v) is 4.19. The van der Waals surface area contributed by atoms with Crippen molar-refractivity contribution in [1.82, 2.24) is 0 Å². The largest absolute Gasteiger partial charge is 0.386 e. The molecule has 0 amide bonds. The van der Waals surface area contributed by atoms with E-state index in [0.29, 0.717) is 18.4 Å². The van der Waals surface area contributed by atoms with E-state index >= 15 is 0 Å². The number of ether oxygens (including phenoxy) is 1. The van der Waals surface area contributed by atoms with E-state index in [1.165, 1.54) is 24.8 Å². The van der Waals surface area contributed by atoms with Crippen molar-refractivity contribution in [3.05, 3.63) is 35.4 Å². The van der Waals surface area contributed by atoms with E-state index in [0.717, 1.165) is 5.56 Å². The molecule has 1 saturated carbocycles. The van der Waals surface area contributed by atoms with E-state index in [9.17, 15) is 5.11 Å². The van der Waals surface area contributed by atoms with E-state index in [-0.39, 0.29) is 6.10 Å². The summed E-state index contributed by atoms with van der Waals surface area (Å²) < 4.78 is 5.76. The number of benzene rings is 1. The van der Waals surface area contributed by atoms with Gasteiger partial charge in [0.05, 0.1) is 6.10 Å². The number of aliphatic hydroxyl groups is 1. The molecular formula is C17H26O2. The standard InChI is InChI=1S/C17H26O2/c1-4-19-17(12(2)3)16(18)15-11-6-5-10-14(15)13-8-7-9-13/h5-6,10-13,16-18H,4,7-9H2,1-3H3. The summed E-state index contributed by atoms with van der Waals surface area (Å²) >= 11 is 0. The number of aliphatic hydroxyl groups excluding tert-OH is 1. The first kappa shape index (κ1) is 14.5. The summed E-state index contributed by atoms with van der Waals surface area (Å²) in [5.74, 6) is 0.949. The Morgan fingerprint density at radius 2 is 1.95 bits per heavy atom. The van der Waals surface area contributed by atoms with E-state index in [1.807, 2.05) is 13.0 Å². The fourth-order valence-corrected chi connectivity index (χ4v) is 2.89. The normalized spacial score (nSPS) is 19.2. The van der Waals surface area contributed by atoms with Gasteiger partial charge in [-0.3, -0.25) is 0 Å². The zero-order valence-corrected chi connectivity index (χ0v) is 12.3. The predicted molar refractivity (Wildman–Crippen MR) is 78.2 cm³/mol. The van der Waals surface area contributed by atoms with Gasteiger partial charge in [-0.05, 0) is 42.7 Å². The summed E-state index contributed by atoms with van der Waals surface area (Å²) in [5, 5.41) is 10.7. The van der Waals surface area contributed by atoms with Crippen LogP contribution in [0, 0.1) is 5.92 Å². The van der Waals surface area contributed by atoms with E-state index in [1.54, 1.807) is 0 Å². The highest BCUT2D eigenvalue weighted by Crippen LogP contribution is 2.40. The second-order valence-electron chi connectivity index (χ2n) is 5.87. The third kappa shape index (κ3) is 3.18. The van der Waals surface area contributed by atoms with Crippen molar-refractivity contribution in [2.75, 3.05) is 6.61 Å². The summed E-state index contributed by atoms with van der Waals surface area (Å²) in [6, 6.07) is 8.33. The molecule has 19 heavy (non-hydrogen) atoms. The molecule has 0 saturated heterocycles. The van der Waals surface area contributed by atoms with Crippen molar-refractivity contribution >= 4 is 0 Å². The van der Waals surface area contributed by atoms with Gasteiger partial charge in [0.2, 0.25) is 0 Å². The minimum Gasteiger partial charge on any atom is -0.386 e. The first-order valence-corrected chi connectivity index (χ1v) is 7.53. The summed E-state index contributed by atoms with van der Waals surface area (Å²) in [4.78, 5) is 0. The average Bonchev–Trinajstić information content (AvgIpc) is 2.33. The summed E-state index contributed by atoms with van der Waals surface area (Å²) in [6.07, 6.45) is 3.19. The van der Waals surface area contributed by atoms with Gasteiger partial charge in [0, 0.05) is 6.61 Å². The molecule has 2 nitrogen and oxygen atoms in total. The van der Waals surface area contributed by atoms with Crippen LogP contribution in [-0.2, 0) is 4.74 Å². The second-order valence-corrected chi connectivity index (χ2v) is 5.87. The molecule has 0 spiro atoms. The van der Waals surface area contributed by atoms with Gasteiger partial charge in [0.1, 0.15) is 6.10 Å². The summed E-state index contributed by atoms with van der Waals surface area (Å²) in [5.41, 5.74) is 2.39. The van der Waals surface area contributed by atoms with Crippen LogP contribution in [0.15, 0.2) is 24.3 Å². The van der Waals surface area contributed by atoms with Crippen molar-refractivity contribution in [3.63, 3.8) is 0 Å². The Bertz CT molecular complexity index is 396. The Labute approximate surface area is 116 Å². The first-order valence-electron chi connectivity index (χ1n) is 7.53. The van der Waals surface area contributed by atoms with Gasteiger partial charge in [0.25, 0.3) is 0 Å². The van der Waals surface area contributed by atoms with Gasteiger partial charge in [-0.2, -0.15) is 0 Å². The highest BCUT2D eigenvalue weighted by atomic mass is 16.5. The Hall–Kier alpha value is -0.860. The van der Waals surface area contributed by atoms with Gasteiger partial charge in [-0.1, -0.05) is 44.5 Å². The maximum atomic E-state index is 10.7. The summed E-state index contributed by atoms with van der Waals surface area (Å²) in [7, 11) is 0. The molecule has 106 valence electrons. The smallest absolute Gasteiger partial charge is 0.106 e. The van der Waals surface area contributed by atoms with E-state index in [2.05, 4.69) is 32.0 Å². The molecule has 2 atom stereocenters. The summed E-state index contributed by atoms with van der Waals surface area (Å²) in [6.45, 7) is 6.84.